The van der Waals surface area contributed by atoms with E-state index < -0.39 is 0 Å². The number of benzene rings is 1. The number of hydrogen-bond acceptors (Lipinski definition) is 2. The van der Waals surface area contributed by atoms with Crippen molar-refractivity contribution in [2.45, 2.75) is 0 Å². The summed E-state index contributed by atoms with van der Waals surface area (Å²) in [4.78, 5) is 0. The molecule has 0 atom stereocenters. The summed E-state index contributed by atoms with van der Waals surface area (Å²) in [7, 11) is 0. The first-order valence-electron chi connectivity index (χ1n) is 3.92. The van der Waals surface area contributed by atoms with E-state index >= 15 is 0 Å². The van der Waals surface area contributed by atoms with Crippen LogP contribution in [0.2, 0.25) is 5.02 Å². The van der Waals surface area contributed by atoms with Crippen LogP contribution in [0.3, 0.4) is 0 Å². The minimum atomic E-state index is 0.610. The zero-order valence-electron chi connectivity index (χ0n) is 7.09. The van der Waals surface area contributed by atoms with Gasteiger partial charge in [-0.1, -0.05) is 27.5 Å². The predicted molar refractivity (Wildman–Crippen MR) is 61.1 cm³/mol. The second kappa shape index (κ2) is 3.63. The van der Waals surface area contributed by atoms with Crippen LogP contribution >= 0.6 is 27.5 Å². The van der Waals surface area contributed by atoms with E-state index in [0.29, 0.717) is 10.7 Å². The Morgan fingerprint density at radius 2 is 2.14 bits per heavy atom. The molecule has 0 aliphatic carbocycles. The summed E-state index contributed by atoms with van der Waals surface area (Å²) >= 11 is 9.28. The van der Waals surface area contributed by atoms with E-state index in [4.69, 9.17) is 17.3 Å². The van der Waals surface area contributed by atoms with Gasteiger partial charge in [-0.05, 0) is 18.2 Å². The number of aromatic nitrogens is 2. The zero-order valence-corrected chi connectivity index (χ0v) is 9.43. The minimum absolute atomic E-state index is 0.610. The summed E-state index contributed by atoms with van der Waals surface area (Å²) in [6.45, 7) is 0. The number of H-pyrrole nitrogens is 1. The Bertz CT molecular complexity index is 447. The summed E-state index contributed by atoms with van der Waals surface area (Å²) in [5.74, 6) is 0. The first-order chi connectivity index (χ1) is 6.66. The molecule has 0 amide bonds. The monoisotopic (exact) mass is 271 g/mol. The highest BCUT2D eigenvalue weighted by Crippen LogP contribution is 2.28. The van der Waals surface area contributed by atoms with Crippen molar-refractivity contribution in [2.75, 3.05) is 5.73 Å². The van der Waals surface area contributed by atoms with Crippen molar-refractivity contribution in [1.29, 1.82) is 0 Å². The lowest BCUT2D eigenvalue weighted by Crippen LogP contribution is -1.86. The molecule has 0 aliphatic rings. The average Bonchev–Trinajstić information content (AvgIpc) is 2.49. The van der Waals surface area contributed by atoms with Gasteiger partial charge in [-0.2, -0.15) is 5.10 Å². The lowest BCUT2D eigenvalue weighted by molar-refractivity contribution is 1.10. The Hall–Kier alpha value is -1.000. The molecule has 3 nitrogen and oxygen atoms in total. The number of anilines is 1. The number of nitrogens with one attached hydrogen (secondary N) is 1. The minimum Gasteiger partial charge on any atom is -0.396 e. The molecule has 1 heterocycles. The normalized spacial score (nSPS) is 10.4. The molecular formula is C9H7BrClN3. The smallest absolute Gasteiger partial charge is 0.0880 e. The van der Waals surface area contributed by atoms with Crippen LogP contribution in [0.1, 0.15) is 0 Å². The average molecular weight is 273 g/mol. The quantitative estimate of drug-likeness (QED) is 0.838. The standard InChI is InChI=1S/C9H7BrClN3/c10-6-1-5(2-7(11)3-6)9-8(12)4-13-14-9/h1-4H,12H2,(H,13,14). The van der Waals surface area contributed by atoms with Gasteiger partial charge < -0.3 is 5.73 Å². The fraction of sp³-hybridized carbons (Fsp3) is 0. The van der Waals surface area contributed by atoms with Gasteiger partial charge in [0.2, 0.25) is 0 Å². The third-order valence-corrected chi connectivity index (χ3v) is 2.50. The molecule has 0 saturated carbocycles. The van der Waals surface area contributed by atoms with Gasteiger partial charge in [0, 0.05) is 15.1 Å². The topological polar surface area (TPSA) is 54.7 Å². The molecule has 0 saturated heterocycles. The van der Waals surface area contributed by atoms with Crippen molar-refractivity contribution < 1.29 is 0 Å². The van der Waals surface area contributed by atoms with Crippen LogP contribution in [-0.2, 0) is 0 Å². The van der Waals surface area contributed by atoms with Crippen LogP contribution in [-0.4, -0.2) is 10.2 Å². The molecule has 5 heteroatoms. The molecule has 0 fully saturated rings. The van der Waals surface area contributed by atoms with Gasteiger partial charge in [0.15, 0.2) is 0 Å². The molecule has 0 bridgehead atoms. The fourth-order valence-electron chi connectivity index (χ4n) is 1.22. The van der Waals surface area contributed by atoms with E-state index in [1.165, 1.54) is 0 Å². The second-order valence-corrected chi connectivity index (χ2v) is 4.21. The molecule has 0 spiro atoms. The van der Waals surface area contributed by atoms with Gasteiger partial charge in [0.25, 0.3) is 0 Å². The number of aromatic amines is 1. The molecule has 72 valence electrons. The first kappa shape index (κ1) is 9.55. The van der Waals surface area contributed by atoms with Gasteiger partial charge in [-0.3, -0.25) is 5.10 Å². The van der Waals surface area contributed by atoms with E-state index in [1.807, 2.05) is 18.2 Å². The predicted octanol–water partition coefficient (Wildman–Crippen LogP) is 3.07. The van der Waals surface area contributed by atoms with Crippen molar-refractivity contribution in [3.8, 4) is 11.3 Å². The molecule has 0 unspecified atom stereocenters. The van der Waals surface area contributed by atoms with Crippen molar-refractivity contribution in [2.24, 2.45) is 0 Å². The second-order valence-electron chi connectivity index (χ2n) is 2.86. The number of halogens is 2. The zero-order chi connectivity index (χ0) is 10.1. The Kier molecular flexibility index (Phi) is 2.48. The number of nitrogens with two attached hydrogens (primary N) is 1. The van der Waals surface area contributed by atoms with E-state index in [1.54, 1.807) is 6.20 Å². The highest BCUT2D eigenvalue weighted by Gasteiger charge is 2.06. The third-order valence-electron chi connectivity index (χ3n) is 1.82. The van der Waals surface area contributed by atoms with Gasteiger partial charge in [-0.15, -0.1) is 0 Å². The summed E-state index contributed by atoms with van der Waals surface area (Å²) in [5, 5.41) is 7.33. The molecular weight excluding hydrogens is 265 g/mol. The van der Waals surface area contributed by atoms with Crippen LogP contribution in [0.4, 0.5) is 5.69 Å². The van der Waals surface area contributed by atoms with Gasteiger partial charge in [0.05, 0.1) is 17.6 Å². The van der Waals surface area contributed by atoms with Gasteiger partial charge >= 0.3 is 0 Å². The molecule has 14 heavy (non-hydrogen) atoms. The summed E-state index contributed by atoms with van der Waals surface area (Å²) in [6.07, 6.45) is 1.57. The van der Waals surface area contributed by atoms with E-state index in [-0.39, 0.29) is 0 Å². The fourth-order valence-corrected chi connectivity index (χ4v) is 2.08. The Balaban J connectivity index is 2.57. The van der Waals surface area contributed by atoms with Crippen LogP contribution in [0.25, 0.3) is 11.3 Å². The van der Waals surface area contributed by atoms with E-state index in [0.717, 1.165) is 15.7 Å². The van der Waals surface area contributed by atoms with Crippen LogP contribution in [0.15, 0.2) is 28.9 Å². The van der Waals surface area contributed by atoms with Crippen LogP contribution in [0, 0.1) is 0 Å². The largest absolute Gasteiger partial charge is 0.396 e. The number of nitrogens with zero attached hydrogens (tertiary/aromatic N) is 1. The number of rotatable bonds is 1. The maximum atomic E-state index is 5.91. The Morgan fingerprint density at radius 1 is 1.36 bits per heavy atom. The summed E-state index contributed by atoms with van der Waals surface area (Å²) < 4.78 is 0.911. The third kappa shape index (κ3) is 1.76. The molecule has 0 aliphatic heterocycles. The lowest BCUT2D eigenvalue weighted by atomic mass is 10.1. The first-order valence-corrected chi connectivity index (χ1v) is 5.09. The van der Waals surface area contributed by atoms with Crippen molar-refractivity contribution in [3.05, 3.63) is 33.9 Å². The molecule has 2 aromatic rings. The summed E-state index contributed by atoms with van der Waals surface area (Å²) in [6, 6.07) is 5.57. The highest BCUT2D eigenvalue weighted by atomic mass is 79.9. The van der Waals surface area contributed by atoms with Crippen molar-refractivity contribution >= 4 is 33.2 Å². The van der Waals surface area contributed by atoms with Gasteiger partial charge in [0.1, 0.15) is 0 Å². The lowest BCUT2D eigenvalue weighted by Gasteiger charge is -2.01. The van der Waals surface area contributed by atoms with Crippen molar-refractivity contribution in [1.82, 2.24) is 10.2 Å². The SMILES string of the molecule is Nc1cn[nH]c1-c1cc(Cl)cc(Br)c1. The Morgan fingerprint density at radius 3 is 2.71 bits per heavy atom. The maximum absolute atomic E-state index is 5.91. The summed E-state index contributed by atoms with van der Waals surface area (Å²) in [5.41, 5.74) is 8.03. The van der Waals surface area contributed by atoms with Gasteiger partial charge in [-0.25, -0.2) is 0 Å². The molecule has 3 N–H and O–H groups in total. The molecule has 1 aromatic carbocycles. The number of hydrogen-bond donors (Lipinski definition) is 2. The molecule has 0 radical (unpaired) electrons. The molecule has 2 rings (SSSR count). The highest BCUT2D eigenvalue weighted by molar-refractivity contribution is 9.10. The maximum Gasteiger partial charge on any atom is 0.0880 e. The molecule has 1 aromatic heterocycles. The van der Waals surface area contributed by atoms with Crippen molar-refractivity contribution in [3.63, 3.8) is 0 Å². The number of nitrogen functional groups attached to an aromatic ring is 1. The van der Waals surface area contributed by atoms with E-state index in [9.17, 15) is 0 Å². The van der Waals surface area contributed by atoms with Crippen LogP contribution in [0.5, 0.6) is 0 Å². The Labute approximate surface area is 94.4 Å². The van der Waals surface area contributed by atoms with E-state index in [2.05, 4.69) is 26.1 Å². The van der Waals surface area contributed by atoms with Crippen LogP contribution < -0.4 is 5.73 Å².